The van der Waals surface area contributed by atoms with Gasteiger partial charge in [-0.2, -0.15) is 5.10 Å². The Hall–Kier alpha value is -2.14. The van der Waals surface area contributed by atoms with E-state index in [-0.39, 0.29) is 0 Å². The molecule has 3 rings (SSSR count). The number of benzene rings is 1. The Labute approximate surface area is 124 Å². The smallest absolute Gasteiger partial charge is 0.239 e. The lowest BCUT2D eigenvalue weighted by molar-refractivity contribution is 0.319. The Morgan fingerprint density at radius 1 is 1.10 bits per heavy atom. The zero-order valence-electron chi connectivity index (χ0n) is 12.1. The number of nitrogens with zero attached hydrogens (tertiary/aromatic N) is 2. The molecule has 1 heterocycles. The molecule has 1 N–H and O–H groups in total. The standard InChI is InChI=1S/C16H19N3O2/c1-2-20-14-5-3-4-6-15(14)21-16-10-9-13(18-19-16)11-17-12-7-8-12/h3-6,9-10,12,17H,2,7-8,11H2,1H3. The molecular formula is C16H19N3O2. The fourth-order valence-corrected chi connectivity index (χ4v) is 1.95. The predicted molar refractivity (Wildman–Crippen MR) is 79.6 cm³/mol. The van der Waals surface area contributed by atoms with E-state index < -0.39 is 0 Å². The summed E-state index contributed by atoms with van der Waals surface area (Å²) >= 11 is 0. The maximum Gasteiger partial charge on any atom is 0.239 e. The summed E-state index contributed by atoms with van der Waals surface area (Å²) in [6, 6.07) is 12.0. The molecule has 0 radical (unpaired) electrons. The van der Waals surface area contributed by atoms with Crippen molar-refractivity contribution in [3.8, 4) is 17.4 Å². The molecule has 1 aromatic carbocycles. The van der Waals surface area contributed by atoms with Gasteiger partial charge in [-0.25, -0.2) is 0 Å². The summed E-state index contributed by atoms with van der Waals surface area (Å²) in [6.07, 6.45) is 2.53. The van der Waals surface area contributed by atoms with Gasteiger partial charge in [-0.05, 0) is 38.0 Å². The van der Waals surface area contributed by atoms with E-state index in [1.54, 1.807) is 0 Å². The Balaban J connectivity index is 1.64. The second-order valence-corrected chi connectivity index (χ2v) is 5.00. The second-order valence-electron chi connectivity index (χ2n) is 5.00. The van der Waals surface area contributed by atoms with Crippen molar-refractivity contribution in [1.29, 1.82) is 0 Å². The molecule has 1 saturated carbocycles. The molecule has 0 bridgehead atoms. The van der Waals surface area contributed by atoms with Gasteiger partial charge in [0.1, 0.15) is 0 Å². The lowest BCUT2D eigenvalue weighted by atomic mass is 10.3. The van der Waals surface area contributed by atoms with E-state index in [9.17, 15) is 0 Å². The molecule has 5 heteroatoms. The van der Waals surface area contributed by atoms with Crippen LogP contribution in [0.3, 0.4) is 0 Å². The molecule has 1 aliphatic rings. The Kier molecular flexibility index (Phi) is 4.31. The topological polar surface area (TPSA) is 56.3 Å². The summed E-state index contributed by atoms with van der Waals surface area (Å²) < 4.78 is 11.3. The minimum absolute atomic E-state index is 0.470. The summed E-state index contributed by atoms with van der Waals surface area (Å²) in [5.74, 6) is 1.83. The summed E-state index contributed by atoms with van der Waals surface area (Å²) in [5, 5.41) is 11.7. The minimum atomic E-state index is 0.470. The molecule has 0 spiro atoms. The van der Waals surface area contributed by atoms with Crippen LogP contribution in [-0.2, 0) is 6.54 Å². The average Bonchev–Trinajstić information content (AvgIpc) is 3.33. The highest BCUT2D eigenvalue weighted by atomic mass is 16.5. The van der Waals surface area contributed by atoms with E-state index >= 15 is 0 Å². The fraction of sp³-hybridized carbons (Fsp3) is 0.375. The third-order valence-corrected chi connectivity index (χ3v) is 3.21. The second kappa shape index (κ2) is 6.54. The van der Waals surface area contributed by atoms with Gasteiger partial charge in [0.2, 0.25) is 5.88 Å². The van der Waals surface area contributed by atoms with Crippen molar-refractivity contribution in [2.45, 2.75) is 32.4 Å². The molecule has 0 saturated heterocycles. The summed E-state index contributed by atoms with van der Waals surface area (Å²) in [7, 11) is 0. The zero-order valence-corrected chi connectivity index (χ0v) is 12.1. The van der Waals surface area contributed by atoms with Crippen LogP contribution in [0.15, 0.2) is 36.4 Å². The van der Waals surface area contributed by atoms with E-state index in [0.29, 0.717) is 30.0 Å². The van der Waals surface area contributed by atoms with Gasteiger partial charge in [-0.3, -0.25) is 0 Å². The third kappa shape index (κ3) is 3.92. The third-order valence-electron chi connectivity index (χ3n) is 3.21. The van der Waals surface area contributed by atoms with Gasteiger partial charge in [0.15, 0.2) is 11.5 Å². The molecule has 0 aliphatic heterocycles. The van der Waals surface area contributed by atoms with Gasteiger partial charge in [-0.15, -0.1) is 5.10 Å². The Morgan fingerprint density at radius 3 is 2.57 bits per heavy atom. The monoisotopic (exact) mass is 285 g/mol. The molecule has 0 unspecified atom stereocenters. The summed E-state index contributed by atoms with van der Waals surface area (Å²) in [5.41, 5.74) is 0.923. The molecule has 5 nitrogen and oxygen atoms in total. The van der Waals surface area contributed by atoms with E-state index in [1.807, 2.05) is 43.3 Å². The van der Waals surface area contributed by atoms with Crippen molar-refractivity contribution < 1.29 is 9.47 Å². The normalized spacial score (nSPS) is 14.0. The molecule has 0 atom stereocenters. The highest BCUT2D eigenvalue weighted by Gasteiger charge is 2.20. The first-order chi connectivity index (χ1) is 10.3. The van der Waals surface area contributed by atoms with Gasteiger partial charge < -0.3 is 14.8 Å². The van der Waals surface area contributed by atoms with Crippen molar-refractivity contribution in [3.63, 3.8) is 0 Å². The van der Waals surface area contributed by atoms with Crippen LogP contribution in [0.25, 0.3) is 0 Å². The molecule has 1 aliphatic carbocycles. The number of para-hydroxylation sites is 2. The van der Waals surface area contributed by atoms with Crippen molar-refractivity contribution in [2.24, 2.45) is 0 Å². The van der Waals surface area contributed by atoms with Crippen LogP contribution in [0.5, 0.6) is 17.4 Å². The van der Waals surface area contributed by atoms with Crippen LogP contribution in [0, 0.1) is 0 Å². The number of hydrogen-bond acceptors (Lipinski definition) is 5. The maximum atomic E-state index is 5.74. The minimum Gasteiger partial charge on any atom is -0.490 e. The fourth-order valence-electron chi connectivity index (χ4n) is 1.95. The number of nitrogens with one attached hydrogen (secondary N) is 1. The van der Waals surface area contributed by atoms with Crippen molar-refractivity contribution in [2.75, 3.05) is 6.61 Å². The molecule has 1 aromatic heterocycles. The number of hydrogen-bond donors (Lipinski definition) is 1. The summed E-state index contributed by atoms with van der Waals surface area (Å²) in [6.45, 7) is 3.30. The van der Waals surface area contributed by atoms with Crippen LogP contribution < -0.4 is 14.8 Å². The van der Waals surface area contributed by atoms with Crippen LogP contribution in [0.2, 0.25) is 0 Å². The first kappa shape index (κ1) is 13.8. The Morgan fingerprint density at radius 2 is 1.90 bits per heavy atom. The lowest BCUT2D eigenvalue weighted by Crippen LogP contribution is -2.16. The molecule has 110 valence electrons. The molecule has 0 amide bonds. The first-order valence-corrected chi connectivity index (χ1v) is 7.31. The molecule has 21 heavy (non-hydrogen) atoms. The van der Waals surface area contributed by atoms with Crippen LogP contribution in [-0.4, -0.2) is 22.8 Å². The van der Waals surface area contributed by atoms with E-state index in [1.165, 1.54) is 12.8 Å². The number of rotatable bonds is 7. The maximum absolute atomic E-state index is 5.74. The van der Waals surface area contributed by atoms with Crippen molar-refractivity contribution in [1.82, 2.24) is 15.5 Å². The molecule has 1 fully saturated rings. The van der Waals surface area contributed by atoms with Gasteiger partial charge >= 0.3 is 0 Å². The number of aromatic nitrogens is 2. The lowest BCUT2D eigenvalue weighted by Gasteiger charge is -2.10. The summed E-state index contributed by atoms with van der Waals surface area (Å²) in [4.78, 5) is 0. The predicted octanol–water partition coefficient (Wildman–Crippen LogP) is 2.92. The molecular weight excluding hydrogens is 266 g/mol. The largest absolute Gasteiger partial charge is 0.490 e. The highest BCUT2D eigenvalue weighted by Crippen LogP contribution is 2.30. The van der Waals surface area contributed by atoms with Gasteiger partial charge in [0.25, 0.3) is 0 Å². The molecule has 2 aromatic rings. The van der Waals surface area contributed by atoms with Gasteiger partial charge in [0.05, 0.1) is 12.3 Å². The quantitative estimate of drug-likeness (QED) is 0.847. The van der Waals surface area contributed by atoms with E-state index in [2.05, 4.69) is 15.5 Å². The zero-order chi connectivity index (χ0) is 14.5. The highest BCUT2D eigenvalue weighted by molar-refractivity contribution is 5.41. The van der Waals surface area contributed by atoms with Crippen molar-refractivity contribution in [3.05, 3.63) is 42.1 Å². The van der Waals surface area contributed by atoms with Gasteiger partial charge in [0, 0.05) is 18.7 Å². The number of ether oxygens (including phenoxy) is 2. The first-order valence-electron chi connectivity index (χ1n) is 7.31. The van der Waals surface area contributed by atoms with Crippen LogP contribution >= 0.6 is 0 Å². The van der Waals surface area contributed by atoms with Crippen molar-refractivity contribution >= 4 is 0 Å². The van der Waals surface area contributed by atoms with E-state index in [0.717, 1.165) is 12.2 Å². The van der Waals surface area contributed by atoms with Crippen LogP contribution in [0.4, 0.5) is 0 Å². The van der Waals surface area contributed by atoms with Crippen LogP contribution in [0.1, 0.15) is 25.5 Å². The van der Waals surface area contributed by atoms with Gasteiger partial charge in [-0.1, -0.05) is 12.1 Å². The van der Waals surface area contributed by atoms with E-state index in [4.69, 9.17) is 9.47 Å². The Bertz CT molecular complexity index is 582. The SMILES string of the molecule is CCOc1ccccc1Oc1ccc(CNC2CC2)nn1. The average molecular weight is 285 g/mol.